The highest BCUT2D eigenvalue weighted by molar-refractivity contribution is 6.12. The van der Waals surface area contributed by atoms with Gasteiger partial charge in [-0.2, -0.15) is 0 Å². The Labute approximate surface area is 304 Å². The number of hydrogen-bond acceptors (Lipinski definition) is 8. The van der Waals surface area contributed by atoms with E-state index in [4.69, 9.17) is 9.47 Å². The van der Waals surface area contributed by atoms with Crippen molar-refractivity contribution < 1.29 is 28.7 Å². The molecule has 1 N–H and O–H groups in total. The molecule has 0 radical (unpaired) electrons. The Balaban J connectivity index is 1.46. The van der Waals surface area contributed by atoms with Crippen molar-refractivity contribution in [3.05, 3.63) is 102 Å². The lowest BCUT2D eigenvalue weighted by molar-refractivity contribution is -0.156. The van der Waals surface area contributed by atoms with Crippen LogP contribution in [-0.4, -0.2) is 69.2 Å². The van der Waals surface area contributed by atoms with Crippen molar-refractivity contribution in [2.75, 3.05) is 24.0 Å². The van der Waals surface area contributed by atoms with E-state index < -0.39 is 41.5 Å². The van der Waals surface area contributed by atoms with E-state index in [9.17, 15) is 19.2 Å². The summed E-state index contributed by atoms with van der Waals surface area (Å²) < 4.78 is 12.8. The summed E-state index contributed by atoms with van der Waals surface area (Å²) in [4.78, 5) is 68.3. The van der Waals surface area contributed by atoms with Gasteiger partial charge in [0.05, 0.1) is 25.6 Å². The third-order valence-electron chi connectivity index (χ3n) is 8.87. The second-order valence-corrected chi connectivity index (χ2v) is 13.9. The van der Waals surface area contributed by atoms with Crippen LogP contribution in [0.1, 0.15) is 62.5 Å². The summed E-state index contributed by atoms with van der Waals surface area (Å²) in [5.41, 5.74) is 2.20. The zero-order chi connectivity index (χ0) is 37.7. The largest absolute Gasteiger partial charge is 0.497 e. The van der Waals surface area contributed by atoms with E-state index >= 15 is 0 Å². The number of nitrogens with zero attached hydrogens (tertiary/aromatic N) is 6. The van der Waals surface area contributed by atoms with Gasteiger partial charge in [0.1, 0.15) is 23.2 Å². The van der Waals surface area contributed by atoms with E-state index in [1.54, 1.807) is 71.9 Å². The second-order valence-electron chi connectivity index (χ2n) is 13.9. The van der Waals surface area contributed by atoms with E-state index in [1.807, 2.05) is 67.6 Å². The van der Waals surface area contributed by atoms with E-state index in [1.165, 1.54) is 9.80 Å². The fourth-order valence-corrected chi connectivity index (χ4v) is 6.26. The van der Waals surface area contributed by atoms with Crippen molar-refractivity contribution in [3.8, 4) is 5.75 Å². The number of rotatable bonds is 11. The molecule has 274 valence electrons. The Hall–Kier alpha value is -5.72. The predicted molar refractivity (Wildman–Crippen MR) is 197 cm³/mol. The molecule has 0 spiro atoms. The number of benzene rings is 2. The molecule has 5 rings (SSSR count). The molecular weight excluding hydrogens is 662 g/mol. The van der Waals surface area contributed by atoms with E-state index in [-0.39, 0.29) is 19.0 Å². The van der Waals surface area contributed by atoms with Gasteiger partial charge in [-0.1, -0.05) is 49.4 Å². The average molecular weight is 710 g/mol. The number of aromatic nitrogens is 3. The number of urea groups is 1. The Bertz CT molecular complexity index is 1900. The maximum absolute atomic E-state index is 14.2. The molecule has 1 aliphatic heterocycles. The van der Waals surface area contributed by atoms with Gasteiger partial charge in [-0.25, -0.2) is 19.6 Å². The van der Waals surface area contributed by atoms with Gasteiger partial charge in [0.25, 0.3) is 5.91 Å². The molecule has 2 aromatic carbocycles. The Morgan fingerprint density at radius 2 is 1.71 bits per heavy atom. The molecule has 13 heteroatoms. The number of likely N-dealkylation sites (N-methyl/N-ethyl adjacent to an activating group) is 1. The summed E-state index contributed by atoms with van der Waals surface area (Å²) in [5.74, 6) is -0.438. The topological polar surface area (TPSA) is 139 Å². The first-order chi connectivity index (χ1) is 24.7. The lowest BCUT2D eigenvalue weighted by Crippen LogP contribution is -2.70. The summed E-state index contributed by atoms with van der Waals surface area (Å²) in [6, 6.07) is 18.2. The van der Waals surface area contributed by atoms with Gasteiger partial charge in [-0.3, -0.25) is 24.3 Å². The highest BCUT2D eigenvalue weighted by Gasteiger charge is 2.55. The van der Waals surface area contributed by atoms with Crippen LogP contribution in [0.2, 0.25) is 0 Å². The molecule has 1 unspecified atom stereocenters. The van der Waals surface area contributed by atoms with Gasteiger partial charge in [-0.05, 0) is 81.5 Å². The molecule has 13 nitrogen and oxygen atoms in total. The number of aryl methyl sites for hydroxylation is 2. The van der Waals surface area contributed by atoms with Crippen molar-refractivity contribution >= 4 is 35.7 Å². The molecule has 1 fully saturated rings. The number of carbonyl (C=O) groups is 4. The van der Waals surface area contributed by atoms with Crippen molar-refractivity contribution in [2.45, 2.75) is 71.7 Å². The van der Waals surface area contributed by atoms with Crippen molar-refractivity contribution in [1.29, 1.82) is 0 Å². The van der Waals surface area contributed by atoms with Crippen LogP contribution < -0.4 is 19.9 Å². The number of amides is 5. The van der Waals surface area contributed by atoms with E-state index in [0.29, 0.717) is 35.2 Å². The minimum atomic E-state index is -1.11. The Morgan fingerprint density at radius 1 is 1.02 bits per heavy atom. The molecule has 2 aromatic heterocycles. The quantitative estimate of drug-likeness (QED) is 0.188. The number of ether oxygens (including phenoxy) is 2. The van der Waals surface area contributed by atoms with Crippen molar-refractivity contribution in [2.24, 2.45) is 13.0 Å². The van der Waals surface area contributed by atoms with Gasteiger partial charge in [0.2, 0.25) is 11.9 Å². The summed E-state index contributed by atoms with van der Waals surface area (Å²) in [5, 5.41) is 2.96. The lowest BCUT2D eigenvalue weighted by atomic mass is 9.81. The number of pyridine rings is 1. The normalized spacial score (nSPS) is 16.1. The minimum absolute atomic E-state index is 0.115. The standard InChI is InChI=1S/C39H47N7O6/c1-9-31(28-13-11-10-12-14-28)42-37(49)46-33(35(48)44(7)36-40-19-20-43(36)6)30(34(46)47)22-27-21-25(2)41-32(23-27)45(38(50)52-39(3,4)5)24-26-15-17-29(51-8)18-16-26/h10-21,23,30-31,33H,9,22,24H2,1-8H3,(H,42,49)/t30-,31?,33+/m1/s1. The lowest BCUT2D eigenvalue weighted by Gasteiger charge is -2.45. The van der Waals surface area contributed by atoms with Gasteiger partial charge in [0, 0.05) is 32.2 Å². The summed E-state index contributed by atoms with van der Waals surface area (Å²) >= 11 is 0. The van der Waals surface area contributed by atoms with Crippen LogP contribution in [0.4, 0.5) is 21.4 Å². The molecule has 52 heavy (non-hydrogen) atoms. The molecule has 1 aliphatic rings. The fourth-order valence-electron chi connectivity index (χ4n) is 6.26. The third-order valence-corrected chi connectivity index (χ3v) is 8.87. The monoisotopic (exact) mass is 709 g/mol. The van der Waals surface area contributed by atoms with E-state index in [0.717, 1.165) is 16.0 Å². The maximum Gasteiger partial charge on any atom is 0.416 e. The Morgan fingerprint density at radius 3 is 2.31 bits per heavy atom. The van der Waals surface area contributed by atoms with Gasteiger partial charge >= 0.3 is 12.1 Å². The van der Waals surface area contributed by atoms with Gasteiger partial charge in [0.15, 0.2) is 0 Å². The second kappa shape index (κ2) is 15.7. The molecular formula is C39H47N7O6. The summed E-state index contributed by atoms with van der Waals surface area (Å²) in [6.07, 6.45) is 3.38. The number of carbonyl (C=O) groups excluding carboxylic acids is 4. The molecule has 4 aromatic rings. The van der Waals surface area contributed by atoms with Crippen LogP contribution in [0.5, 0.6) is 5.75 Å². The number of imidazole rings is 1. The number of anilines is 2. The van der Waals surface area contributed by atoms with Crippen molar-refractivity contribution in [3.63, 3.8) is 0 Å². The predicted octanol–water partition coefficient (Wildman–Crippen LogP) is 5.97. The SMILES string of the molecule is CCC(NC(=O)N1C(=O)[C@H](Cc2cc(C)nc(N(Cc3ccc(OC)cc3)C(=O)OC(C)(C)C)c2)[C@H]1C(=O)N(C)c1nccn1C)c1ccccc1. The minimum Gasteiger partial charge on any atom is -0.497 e. The zero-order valence-corrected chi connectivity index (χ0v) is 31.0. The number of β-lactam (4-membered cyclic amide) rings is 1. The van der Waals surface area contributed by atoms with Crippen LogP contribution in [0.3, 0.4) is 0 Å². The molecule has 0 bridgehead atoms. The van der Waals surface area contributed by atoms with Crippen LogP contribution in [0, 0.1) is 12.8 Å². The number of imide groups is 1. The summed E-state index contributed by atoms with van der Waals surface area (Å²) in [6.45, 7) is 9.25. The molecule has 0 saturated carbocycles. The third kappa shape index (κ3) is 8.42. The van der Waals surface area contributed by atoms with Crippen LogP contribution in [-0.2, 0) is 34.3 Å². The smallest absolute Gasteiger partial charge is 0.416 e. The first-order valence-electron chi connectivity index (χ1n) is 17.2. The molecule has 3 heterocycles. The highest BCUT2D eigenvalue weighted by atomic mass is 16.6. The van der Waals surface area contributed by atoms with Crippen LogP contribution in [0.25, 0.3) is 0 Å². The Kier molecular flexibility index (Phi) is 11.3. The molecule has 5 amide bonds. The number of nitrogens with one attached hydrogen (secondary N) is 1. The van der Waals surface area contributed by atoms with Gasteiger partial charge in [-0.15, -0.1) is 0 Å². The first-order valence-corrected chi connectivity index (χ1v) is 17.2. The highest BCUT2D eigenvalue weighted by Crippen LogP contribution is 2.34. The summed E-state index contributed by atoms with van der Waals surface area (Å²) in [7, 11) is 4.92. The van der Waals surface area contributed by atoms with Crippen molar-refractivity contribution in [1.82, 2.24) is 24.8 Å². The molecule has 0 aliphatic carbocycles. The van der Waals surface area contributed by atoms with Crippen LogP contribution >= 0.6 is 0 Å². The average Bonchev–Trinajstić information content (AvgIpc) is 3.55. The zero-order valence-electron chi connectivity index (χ0n) is 31.0. The van der Waals surface area contributed by atoms with Crippen LogP contribution in [0.15, 0.2) is 79.1 Å². The first kappa shape index (κ1) is 37.5. The fraction of sp³-hybridized carbons (Fsp3) is 0.385. The van der Waals surface area contributed by atoms with Gasteiger partial charge < -0.3 is 19.4 Å². The number of likely N-dealkylation sites (tertiary alicyclic amines) is 1. The maximum atomic E-state index is 14.2. The number of hydrogen-bond donors (Lipinski definition) is 1. The number of methoxy groups -OCH3 is 1. The molecule has 1 saturated heterocycles. The van der Waals surface area contributed by atoms with E-state index in [2.05, 4.69) is 15.3 Å². The molecule has 3 atom stereocenters.